The minimum absolute atomic E-state index is 0.115. The van der Waals surface area contributed by atoms with Crippen molar-refractivity contribution in [1.29, 1.82) is 0 Å². The molecule has 1 aliphatic rings. The Balaban J connectivity index is 1.64. The quantitative estimate of drug-likeness (QED) is 0.474. The Morgan fingerprint density at radius 2 is 2.15 bits per heavy atom. The van der Waals surface area contributed by atoms with Crippen LogP contribution in [-0.4, -0.2) is 54.9 Å². The highest BCUT2D eigenvalue weighted by atomic mass is 32.1. The van der Waals surface area contributed by atoms with Crippen molar-refractivity contribution in [1.82, 2.24) is 14.9 Å². The number of hydrogen-bond acceptors (Lipinski definition) is 4. The van der Waals surface area contributed by atoms with Gasteiger partial charge in [0, 0.05) is 25.1 Å². The molecule has 1 fully saturated rings. The summed E-state index contributed by atoms with van der Waals surface area (Å²) in [4.78, 5) is 29.6. The maximum atomic E-state index is 12.5. The second-order valence-electron chi connectivity index (χ2n) is 6.87. The number of aromatic amines is 1. The molecule has 0 radical (unpaired) electrons. The first kappa shape index (κ1) is 19.7. The van der Waals surface area contributed by atoms with E-state index in [1.807, 2.05) is 6.92 Å². The summed E-state index contributed by atoms with van der Waals surface area (Å²) in [5, 5.41) is 3.50. The highest BCUT2D eigenvalue weighted by Gasteiger charge is 2.14. The molecule has 3 rings (SSSR count). The fourth-order valence-electron chi connectivity index (χ4n) is 3.37. The Labute approximate surface area is 163 Å². The fraction of sp³-hybridized carbons (Fsp3) is 0.526. The lowest BCUT2D eigenvalue weighted by Gasteiger charge is -2.23. The molecular formula is C19H27N4O3S+. The van der Waals surface area contributed by atoms with Crippen molar-refractivity contribution in [2.24, 2.45) is 0 Å². The summed E-state index contributed by atoms with van der Waals surface area (Å²) in [6.45, 7) is 7.96. The number of fused-ring (bicyclic) bond motifs is 1. The molecule has 1 aliphatic heterocycles. The monoisotopic (exact) mass is 391 g/mol. The number of rotatable bonds is 7. The number of carbonyl (C=O) groups is 1. The molecule has 3 N–H and O–H groups in total. The molecule has 2 aromatic rings. The van der Waals surface area contributed by atoms with E-state index in [1.165, 1.54) is 4.90 Å². The second-order valence-corrected chi connectivity index (χ2v) is 7.26. The number of morpholine rings is 1. The smallest absolute Gasteiger partial charge is 0.262 e. The van der Waals surface area contributed by atoms with E-state index in [4.69, 9.17) is 17.0 Å². The number of nitrogens with one attached hydrogen (secondary N) is 3. The third-order valence-corrected chi connectivity index (χ3v) is 5.21. The zero-order chi connectivity index (χ0) is 19.2. The van der Waals surface area contributed by atoms with E-state index >= 15 is 0 Å². The number of aromatic nitrogens is 2. The van der Waals surface area contributed by atoms with Gasteiger partial charge in [-0.3, -0.25) is 14.2 Å². The van der Waals surface area contributed by atoms with Crippen LogP contribution in [-0.2, 0) is 11.3 Å². The topological polar surface area (TPSA) is 80.6 Å². The first-order chi connectivity index (χ1) is 13.1. The summed E-state index contributed by atoms with van der Waals surface area (Å²) in [5.41, 5.74) is 1.01. The number of benzene rings is 1. The van der Waals surface area contributed by atoms with Crippen molar-refractivity contribution in [2.45, 2.75) is 26.3 Å². The third-order valence-electron chi connectivity index (χ3n) is 4.88. The van der Waals surface area contributed by atoms with E-state index in [0.717, 1.165) is 45.7 Å². The van der Waals surface area contributed by atoms with Gasteiger partial charge < -0.3 is 19.9 Å². The number of hydrogen-bond donors (Lipinski definition) is 3. The van der Waals surface area contributed by atoms with Gasteiger partial charge in [0.2, 0.25) is 0 Å². The molecule has 27 heavy (non-hydrogen) atoms. The van der Waals surface area contributed by atoms with Crippen LogP contribution in [0.5, 0.6) is 0 Å². The molecule has 1 aromatic heterocycles. The van der Waals surface area contributed by atoms with Gasteiger partial charge in [0.15, 0.2) is 4.77 Å². The lowest BCUT2D eigenvalue weighted by molar-refractivity contribution is -0.908. The van der Waals surface area contributed by atoms with Gasteiger partial charge in [-0.1, -0.05) is 6.92 Å². The molecule has 0 aliphatic carbocycles. The van der Waals surface area contributed by atoms with Crippen LogP contribution in [0.15, 0.2) is 23.0 Å². The summed E-state index contributed by atoms with van der Waals surface area (Å²) in [6.07, 6.45) is 1.76. The van der Waals surface area contributed by atoms with Crippen LogP contribution in [0.4, 0.5) is 0 Å². The predicted octanol–water partition coefficient (Wildman–Crippen LogP) is 0.504. The Hall–Kier alpha value is -2.03. The maximum absolute atomic E-state index is 12.5. The van der Waals surface area contributed by atoms with Crippen LogP contribution in [0, 0.1) is 4.77 Å². The predicted molar refractivity (Wildman–Crippen MR) is 107 cm³/mol. The number of nitrogens with zero attached hydrogens (tertiary/aromatic N) is 1. The first-order valence-electron chi connectivity index (χ1n) is 9.56. The molecule has 0 unspecified atom stereocenters. The molecule has 0 saturated carbocycles. The molecule has 146 valence electrons. The number of H-pyrrole nitrogens is 1. The molecule has 0 bridgehead atoms. The SMILES string of the molecule is CCCn1c(=S)[nH]c2cc(C(=O)NCCC[NH+]3CCOCC3)ccc2c1=O. The van der Waals surface area contributed by atoms with Crippen molar-refractivity contribution in [2.75, 3.05) is 39.4 Å². The average molecular weight is 392 g/mol. The molecule has 1 amide bonds. The van der Waals surface area contributed by atoms with Crippen molar-refractivity contribution in [3.63, 3.8) is 0 Å². The van der Waals surface area contributed by atoms with Gasteiger partial charge in [0.25, 0.3) is 11.5 Å². The maximum Gasteiger partial charge on any atom is 0.262 e. The average Bonchev–Trinajstić information content (AvgIpc) is 2.68. The fourth-order valence-corrected chi connectivity index (χ4v) is 3.66. The van der Waals surface area contributed by atoms with Gasteiger partial charge in [0.05, 0.1) is 30.7 Å². The van der Waals surface area contributed by atoms with E-state index in [9.17, 15) is 9.59 Å². The molecule has 0 atom stereocenters. The molecule has 7 nitrogen and oxygen atoms in total. The third kappa shape index (κ3) is 4.82. The van der Waals surface area contributed by atoms with E-state index in [0.29, 0.717) is 34.3 Å². The zero-order valence-corrected chi connectivity index (χ0v) is 16.5. The van der Waals surface area contributed by atoms with Gasteiger partial charge >= 0.3 is 0 Å². The Bertz CT molecular complexity index is 915. The van der Waals surface area contributed by atoms with Crippen LogP contribution in [0.3, 0.4) is 0 Å². The highest BCUT2D eigenvalue weighted by molar-refractivity contribution is 7.71. The summed E-state index contributed by atoms with van der Waals surface area (Å²) in [5.74, 6) is -0.133. The summed E-state index contributed by atoms with van der Waals surface area (Å²) in [7, 11) is 0. The molecule has 2 heterocycles. The Kier molecular flexibility index (Phi) is 6.76. The van der Waals surface area contributed by atoms with E-state index in [-0.39, 0.29) is 11.5 Å². The largest absolute Gasteiger partial charge is 0.370 e. The summed E-state index contributed by atoms with van der Waals surface area (Å²) < 4.78 is 7.30. The number of amides is 1. The standard InChI is InChI=1S/C19H26N4O3S/c1-2-7-23-18(25)15-5-4-14(13-16(15)21-19(23)27)17(24)20-6-3-8-22-9-11-26-12-10-22/h4-5,13H,2-3,6-12H2,1H3,(H,20,24)(H,21,27)/p+1. The second kappa shape index (κ2) is 9.25. The zero-order valence-electron chi connectivity index (χ0n) is 15.7. The van der Waals surface area contributed by atoms with Crippen molar-refractivity contribution >= 4 is 29.0 Å². The minimum atomic E-state index is -0.133. The van der Waals surface area contributed by atoms with Crippen LogP contribution in [0.1, 0.15) is 30.1 Å². The lowest BCUT2D eigenvalue weighted by Crippen LogP contribution is -3.14. The molecule has 8 heteroatoms. The van der Waals surface area contributed by atoms with Crippen LogP contribution in [0.25, 0.3) is 10.9 Å². The Morgan fingerprint density at radius 1 is 1.37 bits per heavy atom. The normalized spacial score (nSPS) is 15.1. The summed E-state index contributed by atoms with van der Waals surface area (Å²) >= 11 is 5.28. The van der Waals surface area contributed by atoms with Crippen LogP contribution >= 0.6 is 12.2 Å². The summed E-state index contributed by atoms with van der Waals surface area (Å²) in [6, 6.07) is 5.09. The number of quaternary nitrogens is 1. The number of carbonyl (C=O) groups excluding carboxylic acids is 1. The van der Waals surface area contributed by atoms with E-state index in [2.05, 4.69) is 10.3 Å². The van der Waals surface area contributed by atoms with Gasteiger partial charge in [-0.2, -0.15) is 0 Å². The molecule has 0 spiro atoms. The van der Waals surface area contributed by atoms with E-state index < -0.39 is 0 Å². The molecule has 1 saturated heterocycles. The van der Waals surface area contributed by atoms with Gasteiger partial charge in [0.1, 0.15) is 13.1 Å². The highest BCUT2D eigenvalue weighted by Crippen LogP contribution is 2.11. The van der Waals surface area contributed by atoms with Gasteiger partial charge in [-0.15, -0.1) is 0 Å². The minimum Gasteiger partial charge on any atom is -0.370 e. The van der Waals surface area contributed by atoms with Crippen LogP contribution in [0.2, 0.25) is 0 Å². The van der Waals surface area contributed by atoms with Gasteiger partial charge in [-0.25, -0.2) is 0 Å². The van der Waals surface area contributed by atoms with Crippen molar-refractivity contribution in [3.8, 4) is 0 Å². The van der Waals surface area contributed by atoms with E-state index in [1.54, 1.807) is 22.8 Å². The van der Waals surface area contributed by atoms with Crippen LogP contribution < -0.4 is 15.8 Å². The number of ether oxygens (including phenoxy) is 1. The molecule has 1 aromatic carbocycles. The molecular weight excluding hydrogens is 364 g/mol. The Morgan fingerprint density at radius 3 is 2.89 bits per heavy atom. The first-order valence-corrected chi connectivity index (χ1v) is 9.97. The lowest BCUT2D eigenvalue weighted by atomic mass is 10.1. The van der Waals surface area contributed by atoms with Crippen molar-refractivity contribution in [3.05, 3.63) is 38.9 Å². The van der Waals surface area contributed by atoms with Crippen molar-refractivity contribution < 1.29 is 14.4 Å². The van der Waals surface area contributed by atoms with Gasteiger partial charge in [-0.05, 0) is 36.8 Å².